The minimum absolute atomic E-state index is 0.127. The van der Waals surface area contributed by atoms with Crippen LogP contribution in [0.15, 0.2) is 29.8 Å². The monoisotopic (exact) mass is 510 g/mol. The van der Waals surface area contributed by atoms with Gasteiger partial charge in [0.05, 0.1) is 35.5 Å². The molecule has 2 aromatic rings. The van der Waals surface area contributed by atoms with E-state index in [2.05, 4.69) is 11.8 Å². The van der Waals surface area contributed by atoms with Crippen molar-refractivity contribution in [3.8, 4) is 28.7 Å². The Kier molecular flexibility index (Phi) is 8.48. The zero-order valence-corrected chi connectivity index (χ0v) is 22.8. The molecule has 1 heterocycles. The van der Waals surface area contributed by atoms with Gasteiger partial charge in [-0.15, -0.1) is 0 Å². The van der Waals surface area contributed by atoms with Crippen LogP contribution in [-0.4, -0.2) is 76.9 Å². The second-order valence-electron chi connectivity index (χ2n) is 9.53. The summed E-state index contributed by atoms with van der Waals surface area (Å²) in [5.41, 5.74) is 4.15. The van der Waals surface area contributed by atoms with E-state index in [1.54, 1.807) is 35.5 Å². The number of hydrogen-bond donors (Lipinski definition) is 0. The summed E-state index contributed by atoms with van der Waals surface area (Å²) >= 11 is 0. The molecule has 1 fully saturated rings. The van der Waals surface area contributed by atoms with Crippen LogP contribution in [0.1, 0.15) is 36.5 Å². The largest absolute Gasteiger partial charge is 0.493 e. The molecular formula is C29H38N2O6. The van der Waals surface area contributed by atoms with Crippen LogP contribution in [0, 0.1) is 0 Å². The van der Waals surface area contributed by atoms with Crippen LogP contribution in [0.2, 0.25) is 0 Å². The highest BCUT2D eigenvalue weighted by Crippen LogP contribution is 2.39. The molecule has 200 valence electrons. The van der Waals surface area contributed by atoms with Crippen molar-refractivity contribution in [1.82, 2.24) is 9.80 Å². The first kappa shape index (κ1) is 26.7. The van der Waals surface area contributed by atoms with Gasteiger partial charge in [0.15, 0.2) is 23.0 Å². The first-order chi connectivity index (χ1) is 17.9. The van der Waals surface area contributed by atoms with Gasteiger partial charge in [0.25, 0.3) is 0 Å². The predicted octanol–water partition coefficient (Wildman–Crippen LogP) is 4.18. The summed E-state index contributed by atoms with van der Waals surface area (Å²) in [5, 5.41) is 0. The van der Waals surface area contributed by atoms with E-state index in [0.717, 1.165) is 54.8 Å². The van der Waals surface area contributed by atoms with Gasteiger partial charge < -0.3 is 28.6 Å². The molecule has 4 rings (SSSR count). The standard InChI is InChI=1S/C29H38N2O6/c1-19-17-31(11-10-30(19)18-20-12-26(35-4)28(37-6)27(13-20)36-5)29(32)22-9-7-8-21-15-24(33-2)25(34-3)16-23(21)14-22/h12-16,19H,7-11,17-18H2,1-6H3. The highest BCUT2D eigenvalue weighted by atomic mass is 16.5. The van der Waals surface area contributed by atoms with Gasteiger partial charge in [0.2, 0.25) is 11.7 Å². The fourth-order valence-corrected chi connectivity index (χ4v) is 5.26. The maximum absolute atomic E-state index is 13.6. The van der Waals surface area contributed by atoms with Crippen molar-refractivity contribution in [3.05, 3.63) is 46.5 Å². The zero-order chi connectivity index (χ0) is 26.5. The number of methoxy groups -OCH3 is 5. The molecule has 0 aromatic heterocycles. The average molecular weight is 511 g/mol. The second-order valence-corrected chi connectivity index (χ2v) is 9.53. The fourth-order valence-electron chi connectivity index (χ4n) is 5.26. The maximum Gasteiger partial charge on any atom is 0.249 e. The SMILES string of the molecule is COc1cc2c(cc1OC)CCCC(C(=O)N1CCN(Cc3cc(OC)c(OC)c(OC)c3)C(C)C1)=C2. The van der Waals surface area contributed by atoms with Crippen LogP contribution in [0.3, 0.4) is 0 Å². The molecule has 8 nitrogen and oxygen atoms in total. The molecule has 0 saturated carbocycles. The van der Waals surface area contributed by atoms with E-state index < -0.39 is 0 Å². The number of aryl methyl sites for hydroxylation is 1. The third kappa shape index (κ3) is 5.64. The number of carbonyl (C=O) groups is 1. The molecule has 1 saturated heterocycles. The summed E-state index contributed by atoms with van der Waals surface area (Å²) in [6.07, 6.45) is 4.64. The van der Waals surface area contributed by atoms with E-state index in [1.807, 2.05) is 35.2 Å². The minimum Gasteiger partial charge on any atom is -0.493 e. The quantitative estimate of drug-likeness (QED) is 0.528. The molecule has 37 heavy (non-hydrogen) atoms. The van der Waals surface area contributed by atoms with Crippen molar-refractivity contribution in [3.63, 3.8) is 0 Å². The number of fused-ring (bicyclic) bond motifs is 1. The Balaban J connectivity index is 1.47. The molecule has 0 radical (unpaired) electrons. The van der Waals surface area contributed by atoms with E-state index in [9.17, 15) is 4.79 Å². The normalized spacial score (nSPS) is 17.8. The summed E-state index contributed by atoms with van der Waals surface area (Å²) in [7, 11) is 8.14. The number of carbonyl (C=O) groups excluding carboxylic acids is 1. The number of benzene rings is 2. The van der Waals surface area contributed by atoms with Crippen molar-refractivity contribution < 1.29 is 28.5 Å². The van der Waals surface area contributed by atoms with Gasteiger partial charge in [-0.05, 0) is 73.2 Å². The number of ether oxygens (including phenoxy) is 5. The number of amides is 1. The van der Waals surface area contributed by atoms with Gasteiger partial charge in [0.1, 0.15) is 0 Å². The topological polar surface area (TPSA) is 69.7 Å². The van der Waals surface area contributed by atoms with E-state index in [-0.39, 0.29) is 11.9 Å². The Bertz CT molecular complexity index is 1140. The molecule has 0 bridgehead atoms. The molecule has 1 amide bonds. The lowest BCUT2D eigenvalue weighted by Crippen LogP contribution is -2.53. The fraction of sp³-hybridized carbons (Fsp3) is 0.483. The van der Waals surface area contributed by atoms with Crippen LogP contribution in [-0.2, 0) is 17.8 Å². The van der Waals surface area contributed by atoms with Crippen molar-refractivity contribution in [1.29, 1.82) is 0 Å². The Morgan fingerprint density at radius 3 is 2.08 bits per heavy atom. The summed E-state index contributed by atoms with van der Waals surface area (Å²) in [6, 6.07) is 8.19. The average Bonchev–Trinajstić information content (AvgIpc) is 3.14. The van der Waals surface area contributed by atoms with Crippen molar-refractivity contribution in [2.75, 3.05) is 55.2 Å². The lowest BCUT2D eigenvalue weighted by atomic mass is 10.0. The van der Waals surface area contributed by atoms with Gasteiger partial charge in [0, 0.05) is 37.8 Å². The summed E-state index contributed by atoms with van der Waals surface area (Å²) in [5.74, 6) is 3.41. The smallest absolute Gasteiger partial charge is 0.249 e. The van der Waals surface area contributed by atoms with E-state index >= 15 is 0 Å². The molecule has 2 aliphatic rings. The van der Waals surface area contributed by atoms with E-state index in [1.165, 1.54) is 5.56 Å². The minimum atomic E-state index is 0.127. The summed E-state index contributed by atoms with van der Waals surface area (Å²) in [6.45, 7) is 5.06. The highest BCUT2D eigenvalue weighted by Gasteiger charge is 2.29. The molecule has 1 atom stereocenters. The molecule has 0 spiro atoms. The van der Waals surface area contributed by atoms with Crippen LogP contribution in [0.4, 0.5) is 0 Å². The van der Waals surface area contributed by atoms with Gasteiger partial charge in [-0.2, -0.15) is 0 Å². The van der Waals surface area contributed by atoms with Crippen LogP contribution >= 0.6 is 0 Å². The Hall–Kier alpha value is -3.39. The Labute approximate surface area is 219 Å². The molecular weight excluding hydrogens is 472 g/mol. The highest BCUT2D eigenvalue weighted by molar-refractivity contribution is 5.98. The predicted molar refractivity (Wildman–Crippen MR) is 143 cm³/mol. The number of hydrogen-bond acceptors (Lipinski definition) is 7. The molecule has 0 N–H and O–H groups in total. The molecule has 2 aromatic carbocycles. The van der Waals surface area contributed by atoms with Crippen LogP contribution < -0.4 is 23.7 Å². The number of piperazine rings is 1. The van der Waals surface area contributed by atoms with Gasteiger partial charge >= 0.3 is 0 Å². The van der Waals surface area contributed by atoms with E-state index in [0.29, 0.717) is 36.1 Å². The molecule has 1 aliphatic carbocycles. The maximum atomic E-state index is 13.6. The second kappa shape index (κ2) is 11.8. The van der Waals surface area contributed by atoms with Crippen LogP contribution in [0.5, 0.6) is 28.7 Å². The summed E-state index contributed by atoms with van der Waals surface area (Å²) < 4.78 is 27.4. The lowest BCUT2D eigenvalue weighted by molar-refractivity contribution is -0.130. The van der Waals surface area contributed by atoms with E-state index in [4.69, 9.17) is 23.7 Å². The van der Waals surface area contributed by atoms with Gasteiger partial charge in [-0.25, -0.2) is 0 Å². The molecule has 1 aliphatic heterocycles. The zero-order valence-electron chi connectivity index (χ0n) is 22.8. The van der Waals surface area contributed by atoms with Crippen molar-refractivity contribution >= 4 is 12.0 Å². The van der Waals surface area contributed by atoms with Gasteiger partial charge in [-0.1, -0.05) is 0 Å². The van der Waals surface area contributed by atoms with Gasteiger partial charge in [-0.3, -0.25) is 9.69 Å². The lowest BCUT2D eigenvalue weighted by Gasteiger charge is -2.40. The Morgan fingerprint density at radius 2 is 1.49 bits per heavy atom. The van der Waals surface area contributed by atoms with Crippen LogP contribution in [0.25, 0.3) is 6.08 Å². The third-order valence-electron chi connectivity index (χ3n) is 7.30. The first-order valence-corrected chi connectivity index (χ1v) is 12.7. The molecule has 8 heteroatoms. The Morgan fingerprint density at radius 1 is 0.838 bits per heavy atom. The number of rotatable bonds is 8. The summed E-state index contributed by atoms with van der Waals surface area (Å²) in [4.78, 5) is 18.0. The van der Waals surface area contributed by atoms with Crippen molar-refractivity contribution in [2.24, 2.45) is 0 Å². The number of nitrogens with zero attached hydrogens (tertiary/aromatic N) is 2. The molecule has 1 unspecified atom stereocenters. The first-order valence-electron chi connectivity index (χ1n) is 12.7. The third-order valence-corrected chi connectivity index (χ3v) is 7.30. The van der Waals surface area contributed by atoms with Crippen molar-refractivity contribution in [2.45, 2.75) is 38.8 Å².